The Labute approximate surface area is 136 Å². The van der Waals surface area contributed by atoms with Crippen LogP contribution in [0, 0.1) is 0 Å². The average molecular weight is 322 g/mol. The van der Waals surface area contributed by atoms with Gasteiger partial charge in [0.25, 0.3) is 0 Å². The zero-order valence-corrected chi connectivity index (χ0v) is 12.6. The van der Waals surface area contributed by atoms with Gasteiger partial charge in [-0.15, -0.1) is 0 Å². The minimum absolute atomic E-state index is 0.219. The second-order valence-corrected chi connectivity index (χ2v) is 5.72. The summed E-state index contributed by atoms with van der Waals surface area (Å²) in [6.07, 6.45) is 4.77. The lowest BCUT2D eigenvalue weighted by molar-refractivity contribution is -0.137. The number of aliphatic hydroxyl groups is 1. The number of hydrogen-bond acceptors (Lipinski definition) is 4. The molecule has 0 saturated carbocycles. The number of nitrogens with zero attached hydrogens (tertiary/aromatic N) is 1. The number of carbonyl (C=O) groups is 1. The maximum atomic E-state index is 12.4. The van der Waals surface area contributed by atoms with E-state index in [4.69, 9.17) is 0 Å². The Morgan fingerprint density at radius 3 is 2.79 bits per heavy atom. The van der Waals surface area contributed by atoms with Gasteiger partial charge in [-0.3, -0.25) is 4.79 Å². The highest BCUT2D eigenvalue weighted by molar-refractivity contribution is 6.06. The van der Waals surface area contributed by atoms with Crippen LogP contribution in [0.25, 0.3) is 27.8 Å². The minimum atomic E-state index is -1.08. The van der Waals surface area contributed by atoms with E-state index in [0.29, 0.717) is 11.3 Å². The quantitative estimate of drug-likeness (QED) is 0.670. The van der Waals surface area contributed by atoms with Crippen LogP contribution in [-0.2, 0) is 4.79 Å². The van der Waals surface area contributed by atoms with Crippen molar-refractivity contribution in [1.29, 1.82) is 0 Å². The van der Waals surface area contributed by atoms with Crippen LogP contribution in [0.4, 0.5) is 5.69 Å². The van der Waals surface area contributed by atoms with Gasteiger partial charge in [-0.25, -0.2) is 4.79 Å². The van der Waals surface area contributed by atoms with E-state index in [1.807, 2.05) is 24.4 Å². The molecule has 1 aliphatic heterocycles. The van der Waals surface area contributed by atoms with Crippen molar-refractivity contribution in [2.75, 3.05) is 11.6 Å². The highest BCUT2D eigenvalue weighted by Crippen LogP contribution is 2.35. The van der Waals surface area contributed by atoms with Crippen molar-refractivity contribution >= 4 is 39.4 Å². The summed E-state index contributed by atoms with van der Waals surface area (Å²) < 4.78 is 0. The van der Waals surface area contributed by atoms with E-state index >= 15 is 0 Å². The first-order chi connectivity index (χ1) is 11.6. The molecule has 2 heterocycles. The van der Waals surface area contributed by atoms with Crippen LogP contribution in [0.3, 0.4) is 0 Å². The van der Waals surface area contributed by atoms with Crippen LogP contribution >= 0.6 is 0 Å². The normalized spacial score (nSPS) is 16.5. The number of benzene rings is 1. The fourth-order valence-corrected chi connectivity index (χ4v) is 3.25. The van der Waals surface area contributed by atoms with Gasteiger partial charge in [-0.2, -0.15) is 0 Å². The summed E-state index contributed by atoms with van der Waals surface area (Å²) in [5.41, 5.74) is 1.53. The number of aliphatic hydroxyl groups excluding tert-OH is 1. The standard InChI is InChI=1S/C18H14N2O4/c21-9-20-15(18(23)24)3-2-12-16(22)4-1-10-8-14-11(5-6-19-14)7-13(10)17(12)20/h1-8,15,19,21H,9H2,(H,23,24). The smallest absolute Gasteiger partial charge is 0.330 e. The third-order valence-electron chi connectivity index (χ3n) is 4.39. The van der Waals surface area contributed by atoms with Gasteiger partial charge < -0.3 is 20.1 Å². The highest BCUT2D eigenvalue weighted by atomic mass is 16.4. The molecule has 1 aliphatic rings. The molecule has 6 heteroatoms. The number of fused-ring (bicyclic) bond motifs is 4. The Balaban J connectivity index is 2.17. The summed E-state index contributed by atoms with van der Waals surface area (Å²) in [4.78, 5) is 28.4. The van der Waals surface area contributed by atoms with Gasteiger partial charge in [0.2, 0.25) is 0 Å². The van der Waals surface area contributed by atoms with E-state index < -0.39 is 18.7 Å². The molecule has 0 amide bonds. The Bertz CT molecular complexity index is 1070. The van der Waals surface area contributed by atoms with Gasteiger partial charge in [0.05, 0.1) is 5.69 Å². The van der Waals surface area contributed by atoms with Gasteiger partial charge in [-0.1, -0.05) is 18.2 Å². The van der Waals surface area contributed by atoms with Crippen LogP contribution in [0.2, 0.25) is 0 Å². The Morgan fingerprint density at radius 2 is 2.04 bits per heavy atom. The lowest BCUT2D eigenvalue weighted by Crippen LogP contribution is -2.43. The van der Waals surface area contributed by atoms with Crippen molar-refractivity contribution in [1.82, 2.24) is 4.98 Å². The number of aliphatic carboxylic acids is 1. The van der Waals surface area contributed by atoms with Crippen molar-refractivity contribution in [3.8, 4) is 0 Å². The number of anilines is 1. The van der Waals surface area contributed by atoms with E-state index in [1.54, 1.807) is 6.07 Å². The monoisotopic (exact) mass is 322 g/mol. The Hall–Kier alpha value is -3.12. The SMILES string of the molecule is O=C(O)C1C=Cc2c(c3cc4cc[nH]c4cc3ccc2=O)N1CO. The molecule has 120 valence electrons. The van der Waals surface area contributed by atoms with Gasteiger partial charge >= 0.3 is 5.97 Å². The molecule has 4 rings (SSSR count). The first kappa shape index (κ1) is 14.5. The molecule has 0 spiro atoms. The lowest BCUT2D eigenvalue weighted by atomic mass is 10.0. The topological polar surface area (TPSA) is 93.6 Å². The van der Waals surface area contributed by atoms with Crippen LogP contribution in [0.15, 0.2) is 47.4 Å². The summed E-state index contributed by atoms with van der Waals surface area (Å²) in [6.45, 7) is -0.502. The molecular formula is C18H14N2O4. The average Bonchev–Trinajstić information content (AvgIpc) is 2.99. The number of aromatic amines is 1. The molecule has 3 N–H and O–H groups in total. The van der Waals surface area contributed by atoms with Crippen molar-refractivity contribution in [3.63, 3.8) is 0 Å². The molecule has 0 fully saturated rings. The maximum Gasteiger partial charge on any atom is 0.330 e. The summed E-state index contributed by atoms with van der Waals surface area (Å²) in [5, 5.41) is 21.7. The third-order valence-corrected chi connectivity index (χ3v) is 4.39. The first-order valence-corrected chi connectivity index (χ1v) is 7.47. The first-order valence-electron chi connectivity index (χ1n) is 7.47. The lowest BCUT2D eigenvalue weighted by Gasteiger charge is -2.31. The van der Waals surface area contributed by atoms with Crippen molar-refractivity contribution in [2.24, 2.45) is 0 Å². The zero-order valence-electron chi connectivity index (χ0n) is 12.6. The van der Waals surface area contributed by atoms with Crippen LogP contribution in [-0.4, -0.2) is 33.9 Å². The molecule has 1 unspecified atom stereocenters. The van der Waals surface area contributed by atoms with E-state index in [-0.39, 0.29) is 5.43 Å². The number of carboxylic acid groups (broad SMARTS) is 1. The van der Waals surface area contributed by atoms with Crippen molar-refractivity contribution in [2.45, 2.75) is 6.04 Å². The molecule has 3 aromatic rings. The van der Waals surface area contributed by atoms with Gasteiger partial charge in [-0.05, 0) is 29.7 Å². The van der Waals surface area contributed by atoms with E-state index in [1.165, 1.54) is 23.1 Å². The fourth-order valence-electron chi connectivity index (χ4n) is 3.25. The predicted octanol–water partition coefficient (Wildman–Crippen LogP) is 1.92. The number of rotatable bonds is 2. The highest BCUT2D eigenvalue weighted by Gasteiger charge is 2.29. The summed E-state index contributed by atoms with van der Waals surface area (Å²) in [7, 11) is 0. The number of hydrogen-bond donors (Lipinski definition) is 3. The van der Waals surface area contributed by atoms with Gasteiger partial charge in [0, 0.05) is 28.0 Å². The molecular weight excluding hydrogens is 308 g/mol. The Kier molecular flexibility index (Phi) is 3.14. The third kappa shape index (κ3) is 2.00. The molecule has 0 saturated heterocycles. The van der Waals surface area contributed by atoms with Crippen molar-refractivity contribution < 1.29 is 15.0 Å². The summed E-state index contributed by atoms with van der Waals surface area (Å²) in [6, 6.07) is 7.89. The molecule has 0 aliphatic carbocycles. The van der Waals surface area contributed by atoms with E-state index in [9.17, 15) is 19.8 Å². The largest absolute Gasteiger partial charge is 0.479 e. The minimum Gasteiger partial charge on any atom is -0.479 e. The molecule has 1 atom stereocenters. The number of carboxylic acids is 1. The van der Waals surface area contributed by atoms with Gasteiger partial charge in [0.1, 0.15) is 12.8 Å². The molecule has 6 nitrogen and oxygen atoms in total. The molecule has 24 heavy (non-hydrogen) atoms. The molecule has 0 bridgehead atoms. The van der Waals surface area contributed by atoms with Crippen LogP contribution in [0.1, 0.15) is 5.56 Å². The Morgan fingerprint density at radius 1 is 1.21 bits per heavy atom. The van der Waals surface area contributed by atoms with Crippen LogP contribution in [0.5, 0.6) is 0 Å². The second kappa shape index (κ2) is 5.21. The summed E-state index contributed by atoms with van der Waals surface area (Å²) >= 11 is 0. The molecule has 1 aromatic heterocycles. The number of nitrogens with one attached hydrogen (secondary N) is 1. The predicted molar refractivity (Wildman–Crippen MR) is 92.1 cm³/mol. The molecule has 0 radical (unpaired) electrons. The molecule has 2 aromatic carbocycles. The van der Waals surface area contributed by atoms with E-state index in [0.717, 1.165) is 21.7 Å². The fraction of sp³-hybridized carbons (Fsp3) is 0.111. The second-order valence-electron chi connectivity index (χ2n) is 5.72. The number of H-pyrrole nitrogens is 1. The van der Waals surface area contributed by atoms with E-state index in [2.05, 4.69) is 4.98 Å². The maximum absolute atomic E-state index is 12.4. The summed E-state index contributed by atoms with van der Waals surface area (Å²) in [5.74, 6) is -1.08. The van der Waals surface area contributed by atoms with Crippen LogP contribution < -0.4 is 10.3 Å². The number of aromatic nitrogens is 1. The zero-order chi connectivity index (χ0) is 16.8. The van der Waals surface area contributed by atoms with Gasteiger partial charge in [0.15, 0.2) is 5.43 Å². The van der Waals surface area contributed by atoms with Crippen molar-refractivity contribution in [3.05, 3.63) is 58.4 Å².